The molecule has 72 valence electrons. The summed E-state index contributed by atoms with van der Waals surface area (Å²) in [6, 6.07) is 0. The van der Waals surface area contributed by atoms with Gasteiger partial charge in [-0.3, -0.25) is 4.79 Å². The molecule has 0 bridgehead atoms. The van der Waals surface area contributed by atoms with Crippen LogP contribution in [0.1, 0.15) is 36.7 Å². The van der Waals surface area contributed by atoms with Crippen LogP contribution < -0.4 is 5.32 Å². The number of carbonyl (C=O) groups excluding carboxylic acids is 1. The Morgan fingerprint density at radius 1 is 1.62 bits per heavy atom. The topological polar surface area (TPSA) is 54.9 Å². The molecule has 0 fully saturated rings. The fourth-order valence-corrected chi connectivity index (χ4v) is 1.34. The molecule has 4 nitrogen and oxygen atoms in total. The zero-order chi connectivity index (χ0) is 9.52. The van der Waals surface area contributed by atoms with Crippen molar-refractivity contribution in [2.24, 2.45) is 0 Å². The molecule has 0 unspecified atom stereocenters. The lowest BCUT2D eigenvalue weighted by Crippen LogP contribution is -2.24. The number of hydrogen-bond donors (Lipinski definition) is 1. The molecule has 0 saturated carbocycles. The first-order chi connectivity index (χ1) is 6.34. The number of unbranched alkanes of at least 4 members (excludes halogenated alkanes) is 2. The van der Waals surface area contributed by atoms with Crippen LogP contribution in [0.4, 0.5) is 0 Å². The number of aromatic nitrogens is 2. The maximum absolute atomic E-state index is 11.3. The SMILES string of the molecule is CCCCCNC(=O)c1cnsn1. The van der Waals surface area contributed by atoms with E-state index in [9.17, 15) is 4.79 Å². The third-order valence-corrected chi connectivity index (χ3v) is 2.14. The number of carbonyl (C=O) groups is 1. The summed E-state index contributed by atoms with van der Waals surface area (Å²) >= 11 is 1.05. The lowest BCUT2D eigenvalue weighted by molar-refractivity contribution is 0.0949. The van der Waals surface area contributed by atoms with Crippen LogP contribution in [0.5, 0.6) is 0 Å². The Morgan fingerprint density at radius 2 is 2.46 bits per heavy atom. The van der Waals surface area contributed by atoms with Crippen molar-refractivity contribution >= 4 is 17.6 Å². The predicted octanol–water partition coefficient (Wildman–Crippen LogP) is 1.46. The van der Waals surface area contributed by atoms with Crippen LogP contribution >= 0.6 is 11.7 Å². The van der Waals surface area contributed by atoms with Crippen molar-refractivity contribution in [3.05, 3.63) is 11.9 Å². The molecule has 5 heteroatoms. The second-order valence-electron chi connectivity index (χ2n) is 2.76. The second kappa shape index (κ2) is 5.64. The number of hydrogen-bond acceptors (Lipinski definition) is 4. The molecular formula is C8H13N3OS. The molecule has 0 atom stereocenters. The molecule has 1 aromatic rings. The van der Waals surface area contributed by atoms with Gasteiger partial charge in [0.15, 0.2) is 5.69 Å². The van der Waals surface area contributed by atoms with Gasteiger partial charge < -0.3 is 5.32 Å². The maximum atomic E-state index is 11.3. The van der Waals surface area contributed by atoms with Gasteiger partial charge in [0.1, 0.15) is 0 Å². The van der Waals surface area contributed by atoms with Crippen molar-refractivity contribution in [2.45, 2.75) is 26.2 Å². The highest BCUT2D eigenvalue weighted by molar-refractivity contribution is 6.99. The monoisotopic (exact) mass is 199 g/mol. The van der Waals surface area contributed by atoms with E-state index < -0.39 is 0 Å². The van der Waals surface area contributed by atoms with E-state index >= 15 is 0 Å². The predicted molar refractivity (Wildman–Crippen MR) is 51.8 cm³/mol. The van der Waals surface area contributed by atoms with Crippen molar-refractivity contribution in [2.75, 3.05) is 6.54 Å². The number of nitrogens with zero attached hydrogens (tertiary/aromatic N) is 2. The Kier molecular flexibility index (Phi) is 4.39. The molecular weight excluding hydrogens is 186 g/mol. The Bertz CT molecular complexity index is 248. The summed E-state index contributed by atoms with van der Waals surface area (Å²) < 4.78 is 7.59. The van der Waals surface area contributed by atoms with E-state index in [0.29, 0.717) is 5.69 Å². The fourth-order valence-electron chi connectivity index (χ4n) is 0.932. The molecule has 1 heterocycles. The van der Waals surface area contributed by atoms with Gasteiger partial charge in [-0.2, -0.15) is 8.75 Å². The summed E-state index contributed by atoms with van der Waals surface area (Å²) in [5.74, 6) is -0.121. The molecule has 1 rings (SSSR count). The summed E-state index contributed by atoms with van der Waals surface area (Å²) in [6.45, 7) is 2.86. The molecule has 0 saturated heterocycles. The minimum atomic E-state index is -0.121. The summed E-state index contributed by atoms with van der Waals surface area (Å²) in [6.07, 6.45) is 4.82. The van der Waals surface area contributed by atoms with E-state index in [1.54, 1.807) is 0 Å². The molecule has 13 heavy (non-hydrogen) atoms. The van der Waals surface area contributed by atoms with E-state index in [2.05, 4.69) is 21.0 Å². The molecule has 0 aliphatic rings. The number of rotatable bonds is 5. The van der Waals surface area contributed by atoms with Gasteiger partial charge in [-0.15, -0.1) is 0 Å². The Hall–Kier alpha value is -0.970. The number of amides is 1. The van der Waals surface area contributed by atoms with Crippen LogP contribution in [0.25, 0.3) is 0 Å². The second-order valence-corrected chi connectivity index (χ2v) is 3.31. The lowest BCUT2D eigenvalue weighted by Gasteiger charge is -2.00. The smallest absolute Gasteiger partial charge is 0.272 e. The highest BCUT2D eigenvalue weighted by Gasteiger charge is 2.06. The molecule has 0 aliphatic carbocycles. The van der Waals surface area contributed by atoms with E-state index in [1.165, 1.54) is 6.20 Å². The van der Waals surface area contributed by atoms with Gasteiger partial charge in [0, 0.05) is 6.54 Å². The molecule has 0 spiro atoms. The maximum Gasteiger partial charge on any atom is 0.272 e. The van der Waals surface area contributed by atoms with Crippen molar-refractivity contribution in [3.8, 4) is 0 Å². The van der Waals surface area contributed by atoms with E-state index in [-0.39, 0.29) is 5.91 Å². The molecule has 1 aromatic heterocycles. The highest BCUT2D eigenvalue weighted by atomic mass is 32.1. The van der Waals surface area contributed by atoms with Crippen molar-refractivity contribution in [1.29, 1.82) is 0 Å². The first-order valence-corrected chi connectivity index (χ1v) is 5.13. The average molecular weight is 199 g/mol. The van der Waals surface area contributed by atoms with E-state index in [1.807, 2.05) is 0 Å². The fraction of sp³-hybridized carbons (Fsp3) is 0.625. The van der Waals surface area contributed by atoms with Gasteiger partial charge in [-0.05, 0) is 6.42 Å². The first kappa shape index (κ1) is 10.1. The van der Waals surface area contributed by atoms with Crippen LogP contribution in [0, 0.1) is 0 Å². The zero-order valence-corrected chi connectivity index (χ0v) is 8.43. The molecule has 0 radical (unpaired) electrons. The van der Waals surface area contributed by atoms with Gasteiger partial charge in [-0.1, -0.05) is 19.8 Å². The van der Waals surface area contributed by atoms with Crippen molar-refractivity contribution in [3.63, 3.8) is 0 Å². The molecule has 1 amide bonds. The largest absolute Gasteiger partial charge is 0.351 e. The summed E-state index contributed by atoms with van der Waals surface area (Å²) in [5.41, 5.74) is 0.418. The molecule has 0 aliphatic heterocycles. The molecule has 1 N–H and O–H groups in total. The Labute approximate surface area is 81.7 Å². The molecule has 0 aromatic carbocycles. The minimum absolute atomic E-state index is 0.121. The quantitative estimate of drug-likeness (QED) is 0.730. The zero-order valence-electron chi connectivity index (χ0n) is 7.62. The van der Waals surface area contributed by atoms with Gasteiger partial charge in [0.25, 0.3) is 5.91 Å². The van der Waals surface area contributed by atoms with Gasteiger partial charge in [-0.25, -0.2) is 0 Å². The summed E-state index contributed by atoms with van der Waals surface area (Å²) in [4.78, 5) is 11.3. The summed E-state index contributed by atoms with van der Waals surface area (Å²) in [5, 5.41) is 2.79. The lowest BCUT2D eigenvalue weighted by atomic mass is 10.2. The minimum Gasteiger partial charge on any atom is -0.351 e. The Balaban J connectivity index is 2.19. The van der Waals surface area contributed by atoms with Gasteiger partial charge in [0.2, 0.25) is 0 Å². The average Bonchev–Trinajstić information content (AvgIpc) is 2.65. The summed E-state index contributed by atoms with van der Waals surface area (Å²) in [7, 11) is 0. The van der Waals surface area contributed by atoms with Crippen LogP contribution in [0.3, 0.4) is 0 Å². The van der Waals surface area contributed by atoms with E-state index in [4.69, 9.17) is 0 Å². The van der Waals surface area contributed by atoms with Gasteiger partial charge in [0.05, 0.1) is 17.9 Å². The number of nitrogens with one attached hydrogen (secondary N) is 1. The normalized spacial score (nSPS) is 9.92. The third kappa shape index (κ3) is 3.50. The first-order valence-electron chi connectivity index (χ1n) is 4.40. The highest BCUT2D eigenvalue weighted by Crippen LogP contribution is 1.95. The van der Waals surface area contributed by atoms with Crippen molar-refractivity contribution in [1.82, 2.24) is 14.1 Å². The van der Waals surface area contributed by atoms with Crippen LogP contribution in [0.2, 0.25) is 0 Å². The standard InChI is InChI=1S/C8H13N3OS/c1-2-3-4-5-9-8(12)7-6-10-13-11-7/h6H,2-5H2,1H3,(H,9,12). The van der Waals surface area contributed by atoms with Gasteiger partial charge >= 0.3 is 0 Å². The van der Waals surface area contributed by atoms with Crippen LogP contribution in [0.15, 0.2) is 6.20 Å². The third-order valence-electron chi connectivity index (χ3n) is 1.66. The van der Waals surface area contributed by atoms with E-state index in [0.717, 1.165) is 37.5 Å². The van der Waals surface area contributed by atoms with Crippen LogP contribution in [-0.4, -0.2) is 21.2 Å². The van der Waals surface area contributed by atoms with Crippen LogP contribution in [-0.2, 0) is 0 Å². The Morgan fingerprint density at radius 3 is 3.08 bits per heavy atom. The van der Waals surface area contributed by atoms with Crippen molar-refractivity contribution < 1.29 is 4.79 Å².